The molecule has 0 bridgehead atoms. The summed E-state index contributed by atoms with van der Waals surface area (Å²) in [7, 11) is 1.58. The molecule has 1 aromatic rings. The van der Waals surface area contributed by atoms with Crippen LogP contribution in [0.1, 0.15) is 0 Å². The fourth-order valence-corrected chi connectivity index (χ4v) is 0.759. The van der Waals surface area contributed by atoms with Crippen molar-refractivity contribution in [1.29, 1.82) is 0 Å². The number of nitrogens with zero attached hydrogens (tertiary/aromatic N) is 1. The maximum atomic E-state index is 5.07. The Labute approximate surface area is 71.8 Å². The van der Waals surface area contributed by atoms with Crippen molar-refractivity contribution in [2.24, 2.45) is 0 Å². The molecule has 0 unspecified atom stereocenters. The predicted molar refractivity (Wildman–Crippen MR) is 48.1 cm³/mol. The van der Waals surface area contributed by atoms with E-state index >= 15 is 0 Å². The number of aromatic nitrogens is 1. The highest BCUT2D eigenvalue weighted by Gasteiger charge is 1.92. The Hall–Kier alpha value is -1.69. The molecular weight excluding hydrogens is 152 g/mol. The number of hydrogen-bond acceptors (Lipinski definition) is 3. The van der Waals surface area contributed by atoms with Crippen LogP contribution in [0.4, 0.5) is 5.69 Å². The topological polar surface area (TPSA) is 34.1 Å². The van der Waals surface area contributed by atoms with Crippen molar-refractivity contribution in [2.45, 2.75) is 0 Å². The molecule has 0 fully saturated rings. The lowest BCUT2D eigenvalue weighted by atomic mass is 10.4. The van der Waals surface area contributed by atoms with Crippen molar-refractivity contribution in [3.63, 3.8) is 0 Å². The third-order valence-electron chi connectivity index (χ3n) is 1.34. The highest BCUT2D eigenvalue weighted by Crippen LogP contribution is 2.09. The van der Waals surface area contributed by atoms with Crippen molar-refractivity contribution >= 4 is 5.69 Å². The lowest BCUT2D eigenvalue weighted by molar-refractivity contribution is 0.398. The van der Waals surface area contributed by atoms with Gasteiger partial charge in [-0.05, 0) is 6.07 Å². The van der Waals surface area contributed by atoms with Crippen LogP contribution in [0.3, 0.4) is 0 Å². The number of methoxy groups -OCH3 is 1. The molecule has 0 aliphatic heterocycles. The summed E-state index contributed by atoms with van der Waals surface area (Å²) < 4.78 is 4.89. The fraction of sp³-hybridized carbons (Fsp3) is 0.222. The highest BCUT2D eigenvalue weighted by atomic mass is 16.5. The van der Waals surface area contributed by atoms with Gasteiger partial charge >= 0.3 is 0 Å². The van der Waals surface area contributed by atoms with Crippen LogP contribution in [0.5, 0.6) is 5.88 Å². The zero-order valence-electron chi connectivity index (χ0n) is 6.87. The molecule has 0 spiro atoms. The molecular formula is C9H10N2O. The molecule has 0 aliphatic carbocycles. The van der Waals surface area contributed by atoms with Crippen LogP contribution >= 0.6 is 0 Å². The summed E-state index contributed by atoms with van der Waals surface area (Å²) in [6, 6.07) is 3.64. The summed E-state index contributed by atoms with van der Waals surface area (Å²) in [4.78, 5) is 4.00. The molecule has 1 rings (SSSR count). The second-order valence-electron chi connectivity index (χ2n) is 2.15. The quantitative estimate of drug-likeness (QED) is 0.676. The van der Waals surface area contributed by atoms with E-state index in [1.54, 1.807) is 19.4 Å². The Kier molecular flexibility index (Phi) is 2.97. The van der Waals surface area contributed by atoms with Gasteiger partial charge in [0, 0.05) is 6.07 Å². The van der Waals surface area contributed by atoms with E-state index in [9.17, 15) is 0 Å². The summed E-state index contributed by atoms with van der Waals surface area (Å²) in [6.45, 7) is 0.508. The van der Waals surface area contributed by atoms with E-state index in [-0.39, 0.29) is 0 Å². The van der Waals surface area contributed by atoms with Gasteiger partial charge in [-0.15, -0.1) is 6.42 Å². The monoisotopic (exact) mass is 162 g/mol. The van der Waals surface area contributed by atoms with Crippen LogP contribution in [0.25, 0.3) is 0 Å². The van der Waals surface area contributed by atoms with Crippen molar-refractivity contribution in [1.82, 2.24) is 4.98 Å². The van der Waals surface area contributed by atoms with Crippen molar-refractivity contribution in [3.05, 3.63) is 18.3 Å². The molecule has 0 aromatic carbocycles. The molecule has 0 saturated heterocycles. The Balaban J connectivity index is 2.60. The van der Waals surface area contributed by atoms with Gasteiger partial charge in [-0.1, -0.05) is 5.92 Å². The van der Waals surface area contributed by atoms with E-state index in [0.29, 0.717) is 12.4 Å². The summed E-state index contributed by atoms with van der Waals surface area (Å²) in [5.74, 6) is 3.07. The molecule has 3 heteroatoms. The summed E-state index contributed by atoms with van der Waals surface area (Å²) in [6.07, 6.45) is 6.75. The SMILES string of the molecule is C#CCNc1ccc(OC)nc1. The third-order valence-corrected chi connectivity index (χ3v) is 1.34. The molecule has 1 heterocycles. The molecule has 0 atom stereocenters. The van der Waals surface area contributed by atoms with Gasteiger partial charge in [0.1, 0.15) is 0 Å². The Morgan fingerprint density at radius 1 is 1.67 bits per heavy atom. The first-order valence-electron chi connectivity index (χ1n) is 3.54. The van der Waals surface area contributed by atoms with Crippen LogP contribution in [0, 0.1) is 12.3 Å². The van der Waals surface area contributed by atoms with E-state index in [1.807, 2.05) is 6.07 Å². The van der Waals surface area contributed by atoms with Crippen molar-refractivity contribution in [2.75, 3.05) is 19.0 Å². The van der Waals surface area contributed by atoms with Gasteiger partial charge in [-0.25, -0.2) is 4.98 Å². The molecule has 3 nitrogen and oxygen atoms in total. The first-order valence-corrected chi connectivity index (χ1v) is 3.54. The minimum absolute atomic E-state index is 0.508. The number of pyridine rings is 1. The van der Waals surface area contributed by atoms with Crippen molar-refractivity contribution < 1.29 is 4.74 Å². The first kappa shape index (κ1) is 8.41. The normalized spacial score (nSPS) is 8.67. The summed E-state index contributed by atoms with van der Waals surface area (Å²) in [5, 5.41) is 2.99. The van der Waals surface area contributed by atoms with E-state index in [1.165, 1.54) is 0 Å². The highest BCUT2D eigenvalue weighted by molar-refractivity contribution is 5.42. The molecule has 0 amide bonds. The lowest BCUT2D eigenvalue weighted by Crippen LogP contribution is -1.98. The number of anilines is 1. The number of rotatable bonds is 3. The van der Waals surface area contributed by atoms with E-state index in [2.05, 4.69) is 16.2 Å². The van der Waals surface area contributed by atoms with Gasteiger partial charge in [0.15, 0.2) is 0 Å². The standard InChI is InChI=1S/C9H10N2O/c1-3-6-10-8-4-5-9(12-2)11-7-8/h1,4-5,7,10H,6H2,2H3. The minimum Gasteiger partial charge on any atom is -0.481 e. The Bertz CT molecular complexity index is 274. The predicted octanol–water partition coefficient (Wildman–Crippen LogP) is 1.14. The number of terminal acetylenes is 1. The summed E-state index contributed by atoms with van der Waals surface area (Å²) in [5.41, 5.74) is 0.897. The number of nitrogens with one attached hydrogen (secondary N) is 1. The Morgan fingerprint density at radius 3 is 3.00 bits per heavy atom. The van der Waals surface area contributed by atoms with Crippen LogP contribution < -0.4 is 10.1 Å². The zero-order valence-corrected chi connectivity index (χ0v) is 6.87. The Morgan fingerprint density at radius 2 is 2.50 bits per heavy atom. The molecule has 0 saturated carbocycles. The number of hydrogen-bond donors (Lipinski definition) is 1. The summed E-state index contributed by atoms with van der Waals surface area (Å²) >= 11 is 0. The van der Waals surface area contributed by atoms with Crippen LogP contribution in [0.2, 0.25) is 0 Å². The number of ether oxygens (including phenoxy) is 1. The average molecular weight is 162 g/mol. The smallest absolute Gasteiger partial charge is 0.213 e. The van der Waals surface area contributed by atoms with E-state index in [4.69, 9.17) is 11.2 Å². The molecule has 1 aromatic heterocycles. The van der Waals surface area contributed by atoms with Crippen LogP contribution in [0.15, 0.2) is 18.3 Å². The second-order valence-corrected chi connectivity index (χ2v) is 2.15. The maximum Gasteiger partial charge on any atom is 0.213 e. The van der Waals surface area contributed by atoms with Gasteiger partial charge in [-0.3, -0.25) is 0 Å². The van der Waals surface area contributed by atoms with E-state index < -0.39 is 0 Å². The van der Waals surface area contributed by atoms with Gasteiger partial charge in [0.05, 0.1) is 25.5 Å². The third kappa shape index (κ3) is 2.17. The molecule has 0 radical (unpaired) electrons. The van der Waals surface area contributed by atoms with Gasteiger partial charge in [-0.2, -0.15) is 0 Å². The fourth-order valence-electron chi connectivity index (χ4n) is 0.759. The van der Waals surface area contributed by atoms with Crippen LogP contribution in [-0.2, 0) is 0 Å². The van der Waals surface area contributed by atoms with Crippen molar-refractivity contribution in [3.8, 4) is 18.2 Å². The van der Waals surface area contributed by atoms with E-state index in [0.717, 1.165) is 5.69 Å². The molecule has 1 N–H and O–H groups in total. The molecule has 0 aliphatic rings. The molecule has 12 heavy (non-hydrogen) atoms. The zero-order chi connectivity index (χ0) is 8.81. The first-order chi connectivity index (χ1) is 5.86. The van der Waals surface area contributed by atoms with Gasteiger partial charge < -0.3 is 10.1 Å². The average Bonchev–Trinajstić information content (AvgIpc) is 2.15. The second kappa shape index (κ2) is 4.24. The van der Waals surface area contributed by atoms with Crippen LogP contribution in [-0.4, -0.2) is 18.6 Å². The largest absolute Gasteiger partial charge is 0.481 e. The van der Waals surface area contributed by atoms with Gasteiger partial charge in [0.25, 0.3) is 0 Å². The molecule has 62 valence electrons. The minimum atomic E-state index is 0.508. The van der Waals surface area contributed by atoms with Gasteiger partial charge in [0.2, 0.25) is 5.88 Å². The lowest BCUT2D eigenvalue weighted by Gasteiger charge is -2.02. The maximum absolute atomic E-state index is 5.07.